The second-order valence-electron chi connectivity index (χ2n) is 6.09. The van der Waals surface area contributed by atoms with Crippen molar-refractivity contribution in [3.8, 4) is 17.2 Å². The van der Waals surface area contributed by atoms with Gasteiger partial charge in [0.1, 0.15) is 12.4 Å². The number of para-hydroxylation sites is 3. The molecule has 1 aliphatic rings. The smallest absolute Gasteiger partial charge is 0.192 e. The summed E-state index contributed by atoms with van der Waals surface area (Å²) in [4.78, 5) is 0. The summed E-state index contributed by atoms with van der Waals surface area (Å²) in [5.41, 5.74) is 1.14. The number of nitrogens with zero attached hydrogens (tertiary/aromatic N) is 3. The molecule has 2 aromatic carbocycles. The molecule has 0 fully saturated rings. The molecule has 140 valence electrons. The summed E-state index contributed by atoms with van der Waals surface area (Å²) in [5.74, 6) is 3.92. The molecule has 0 aliphatic carbocycles. The Morgan fingerprint density at radius 1 is 1.11 bits per heavy atom. The monoisotopic (exact) mass is 383 g/mol. The van der Waals surface area contributed by atoms with Crippen LogP contribution in [0.3, 0.4) is 0 Å². The second kappa shape index (κ2) is 7.92. The average Bonchev–Trinajstić information content (AvgIpc) is 3.07. The number of hydrogen-bond donors (Lipinski definition) is 0. The lowest BCUT2D eigenvalue weighted by molar-refractivity contribution is 0.0825. The first kappa shape index (κ1) is 17.7. The summed E-state index contributed by atoms with van der Waals surface area (Å²) in [7, 11) is 1.95. The quantitative estimate of drug-likeness (QED) is 0.599. The number of aromatic nitrogens is 3. The van der Waals surface area contributed by atoms with E-state index in [1.165, 1.54) is 0 Å². The average molecular weight is 383 g/mol. The van der Waals surface area contributed by atoms with Crippen LogP contribution in [0.1, 0.15) is 24.4 Å². The zero-order valence-electron chi connectivity index (χ0n) is 15.3. The summed E-state index contributed by atoms with van der Waals surface area (Å²) < 4.78 is 19.5. The van der Waals surface area contributed by atoms with E-state index in [9.17, 15) is 0 Å². The third-order valence-electron chi connectivity index (χ3n) is 4.29. The molecule has 7 heteroatoms. The summed E-state index contributed by atoms with van der Waals surface area (Å²) in [6.45, 7) is 3.06. The third kappa shape index (κ3) is 3.73. The van der Waals surface area contributed by atoms with Crippen LogP contribution in [0.2, 0.25) is 0 Å². The molecule has 2 heterocycles. The van der Waals surface area contributed by atoms with Crippen LogP contribution in [-0.4, -0.2) is 28.0 Å². The van der Waals surface area contributed by atoms with Gasteiger partial charge in [-0.05, 0) is 25.1 Å². The molecule has 0 bridgehead atoms. The molecule has 27 heavy (non-hydrogen) atoms. The van der Waals surface area contributed by atoms with E-state index in [4.69, 9.17) is 14.2 Å². The molecule has 1 atom stereocenters. The molecule has 1 aromatic heterocycles. The maximum Gasteiger partial charge on any atom is 0.192 e. The van der Waals surface area contributed by atoms with E-state index in [0.717, 1.165) is 39.5 Å². The van der Waals surface area contributed by atoms with Crippen molar-refractivity contribution in [2.45, 2.75) is 23.9 Å². The van der Waals surface area contributed by atoms with Gasteiger partial charge in [0.25, 0.3) is 0 Å². The van der Waals surface area contributed by atoms with Crippen molar-refractivity contribution in [1.82, 2.24) is 14.8 Å². The van der Waals surface area contributed by atoms with Gasteiger partial charge in [-0.1, -0.05) is 42.1 Å². The zero-order chi connectivity index (χ0) is 18.6. The molecule has 0 radical (unpaired) electrons. The van der Waals surface area contributed by atoms with Gasteiger partial charge in [0.05, 0.1) is 6.61 Å². The van der Waals surface area contributed by atoms with Crippen molar-refractivity contribution in [3.05, 3.63) is 59.9 Å². The van der Waals surface area contributed by atoms with Gasteiger partial charge in [0.15, 0.2) is 28.6 Å². The molecule has 0 N–H and O–H groups in total. The predicted octanol–water partition coefficient (Wildman–Crippen LogP) is 4.02. The maximum atomic E-state index is 6.05. The Bertz CT molecular complexity index is 928. The Morgan fingerprint density at radius 2 is 1.89 bits per heavy atom. The van der Waals surface area contributed by atoms with Crippen molar-refractivity contribution in [2.24, 2.45) is 7.05 Å². The van der Waals surface area contributed by atoms with E-state index in [1.807, 2.05) is 61.0 Å². The molecule has 6 nitrogen and oxygen atoms in total. The van der Waals surface area contributed by atoms with Crippen LogP contribution >= 0.6 is 11.8 Å². The van der Waals surface area contributed by atoms with Crippen LogP contribution in [0.25, 0.3) is 0 Å². The van der Waals surface area contributed by atoms with E-state index < -0.39 is 0 Å². The number of hydrogen-bond acceptors (Lipinski definition) is 6. The van der Waals surface area contributed by atoms with Crippen LogP contribution in [0.4, 0.5) is 0 Å². The molecule has 1 unspecified atom stereocenters. The van der Waals surface area contributed by atoms with E-state index >= 15 is 0 Å². The first-order chi connectivity index (χ1) is 13.3. The number of thioether (sulfide) groups is 1. The summed E-state index contributed by atoms with van der Waals surface area (Å²) in [6, 6.07) is 15.7. The normalized spacial score (nSPS) is 15.6. The molecule has 0 amide bonds. The Labute approximate surface area is 162 Å². The standard InChI is InChI=1S/C20H21N3O3S/c1-3-24-15-9-5-4-8-14(15)13-27-20-22-21-19(23(20)2)18-12-25-16-10-6-7-11-17(16)26-18/h4-11,18H,3,12-13H2,1-2H3. The molecule has 0 saturated heterocycles. The molecule has 0 saturated carbocycles. The SMILES string of the molecule is CCOc1ccccc1CSc1nnc(C2COc3ccccc3O2)n1C. The number of rotatable bonds is 6. The Kier molecular flexibility index (Phi) is 5.20. The highest BCUT2D eigenvalue weighted by Gasteiger charge is 2.27. The first-order valence-electron chi connectivity index (χ1n) is 8.87. The fraction of sp³-hybridized carbons (Fsp3) is 0.300. The van der Waals surface area contributed by atoms with Gasteiger partial charge < -0.3 is 18.8 Å². The van der Waals surface area contributed by atoms with Crippen LogP contribution in [0.15, 0.2) is 53.7 Å². The molecule has 4 rings (SSSR count). The number of ether oxygens (including phenoxy) is 3. The van der Waals surface area contributed by atoms with Crippen LogP contribution in [0, 0.1) is 0 Å². The minimum atomic E-state index is -0.275. The van der Waals surface area contributed by atoms with Crippen LogP contribution < -0.4 is 14.2 Å². The second-order valence-corrected chi connectivity index (χ2v) is 7.04. The number of fused-ring (bicyclic) bond motifs is 1. The highest BCUT2D eigenvalue weighted by atomic mass is 32.2. The van der Waals surface area contributed by atoms with E-state index in [1.54, 1.807) is 11.8 Å². The first-order valence-corrected chi connectivity index (χ1v) is 9.86. The lowest BCUT2D eigenvalue weighted by Gasteiger charge is -2.25. The topological polar surface area (TPSA) is 58.4 Å². The number of benzene rings is 2. The minimum absolute atomic E-state index is 0.275. The van der Waals surface area contributed by atoms with Gasteiger partial charge in [0, 0.05) is 18.4 Å². The fourth-order valence-electron chi connectivity index (χ4n) is 2.94. The van der Waals surface area contributed by atoms with Crippen molar-refractivity contribution in [1.29, 1.82) is 0 Å². The van der Waals surface area contributed by atoms with Crippen molar-refractivity contribution < 1.29 is 14.2 Å². The molecule has 0 spiro atoms. The van der Waals surface area contributed by atoms with Crippen molar-refractivity contribution in [3.63, 3.8) is 0 Å². The van der Waals surface area contributed by atoms with Crippen molar-refractivity contribution >= 4 is 11.8 Å². The highest BCUT2D eigenvalue weighted by molar-refractivity contribution is 7.98. The van der Waals surface area contributed by atoms with Gasteiger partial charge in [-0.25, -0.2) is 0 Å². The Hall–Kier alpha value is -2.67. The van der Waals surface area contributed by atoms with Crippen molar-refractivity contribution in [2.75, 3.05) is 13.2 Å². The zero-order valence-corrected chi connectivity index (χ0v) is 16.1. The van der Waals surface area contributed by atoms with E-state index in [2.05, 4.69) is 16.3 Å². The largest absolute Gasteiger partial charge is 0.494 e. The third-order valence-corrected chi connectivity index (χ3v) is 5.36. The summed E-state index contributed by atoms with van der Waals surface area (Å²) >= 11 is 1.62. The van der Waals surface area contributed by atoms with Gasteiger partial charge in [-0.2, -0.15) is 0 Å². The van der Waals surface area contributed by atoms with Crippen LogP contribution in [0.5, 0.6) is 17.2 Å². The minimum Gasteiger partial charge on any atom is -0.494 e. The van der Waals surface area contributed by atoms with Gasteiger partial charge in [0.2, 0.25) is 0 Å². The predicted molar refractivity (Wildman–Crippen MR) is 103 cm³/mol. The molecule has 1 aliphatic heterocycles. The Balaban J connectivity index is 1.47. The van der Waals surface area contributed by atoms with E-state index in [0.29, 0.717) is 13.2 Å². The molecular weight excluding hydrogens is 362 g/mol. The summed E-state index contributed by atoms with van der Waals surface area (Å²) in [5, 5.41) is 9.51. The maximum absolute atomic E-state index is 6.05. The van der Waals surface area contributed by atoms with Gasteiger partial charge in [-0.3, -0.25) is 0 Å². The van der Waals surface area contributed by atoms with E-state index in [-0.39, 0.29) is 6.10 Å². The lowest BCUT2D eigenvalue weighted by Crippen LogP contribution is -2.24. The fourth-order valence-corrected chi connectivity index (χ4v) is 3.85. The van der Waals surface area contributed by atoms with Crippen LogP contribution in [-0.2, 0) is 12.8 Å². The lowest BCUT2D eigenvalue weighted by atomic mass is 10.2. The highest BCUT2D eigenvalue weighted by Crippen LogP contribution is 2.36. The summed E-state index contributed by atoms with van der Waals surface area (Å²) in [6.07, 6.45) is -0.275. The molecule has 3 aromatic rings. The molecular formula is C20H21N3O3S. The van der Waals surface area contributed by atoms with Gasteiger partial charge >= 0.3 is 0 Å². The van der Waals surface area contributed by atoms with Gasteiger partial charge in [-0.15, -0.1) is 10.2 Å². The Morgan fingerprint density at radius 3 is 2.74 bits per heavy atom.